The van der Waals surface area contributed by atoms with Crippen molar-refractivity contribution in [2.45, 2.75) is 19.8 Å². The minimum atomic E-state index is -0.334. The number of alkyl halides is 1. The van der Waals surface area contributed by atoms with E-state index in [0.29, 0.717) is 18.1 Å². The summed E-state index contributed by atoms with van der Waals surface area (Å²) >= 11 is 5.72. The molecule has 0 amide bonds. The molecule has 2 N–H and O–H groups in total. The summed E-state index contributed by atoms with van der Waals surface area (Å²) in [6.07, 6.45) is 3.05. The Hall–Kier alpha value is -1.36. The molecule has 0 aliphatic rings. The van der Waals surface area contributed by atoms with Crippen molar-refractivity contribution >= 4 is 17.6 Å². The molecular formula is C13H20ClFN4. The number of hydrogen-bond donors (Lipinski definition) is 2. The minimum absolute atomic E-state index is 0.334. The summed E-state index contributed by atoms with van der Waals surface area (Å²) in [5.74, 6) is 0.720. The molecule has 0 aliphatic carbocycles. The predicted molar refractivity (Wildman–Crippen MR) is 77.5 cm³/mol. The molecule has 0 bridgehead atoms. The third-order valence-corrected chi connectivity index (χ3v) is 2.62. The molecule has 0 saturated carbocycles. The number of pyridine rings is 1. The van der Waals surface area contributed by atoms with Crippen LogP contribution in [0.5, 0.6) is 0 Å². The van der Waals surface area contributed by atoms with E-state index in [1.165, 1.54) is 0 Å². The summed E-state index contributed by atoms with van der Waals surface area (Å²) < 4.78 is 12.0. The highest BCUT2D eigenvalue weighted by atomic mass is 35.5. The second-order valence-electron chi connectivity index (χ2n) is 3.97. The van der Waals surface area contributed by atoms with E-state index in [-0.39, 0.29) is 6.67 Å². The molecule has 1 rings (SSSR count). The standard InChI is InChI=1S/C13H20ClFN4/c1-2-16-13(17-8-3-7-15)18-9-6-11-4-5-12(14)19-10-11/h4-5,10H,2-3,6-9H2,1H3,(H2,16,17,18). The molecule has 106 valence electrons. The highest BCUT2D eigenvalue weighted by Gasteiger charge is 1.98. The van der Waals surface area contributed by atoms with Gasteiger partial charge in [-0.05, 0) is 31.4 Å². The molecule has 0 saturated heterocycles. The van der Waals surface area contributed by atoms with Gasteiger partial charge >= 0.3 is 0 Å². The Morgan fingerprint density at radius 2 is 2.26 bits per heavy atom. The van der Waals surface area contributed by atoms with Crippen molar-refractivity contribution in [3.8, 4) is 0 Å². The molecule has 1 aromatic heterocycles. The number of halogens is 2. The molecule has 1 aromatic rings. The Bertz CT molecular complexity index is 381. The molecule has 19 heavy (non-hydrogen) atoms. The molecule has 0 radical (unpaired) electrons. The van der Waals surface area contributed by atoms with Crippen LogP contribution >= 0.6 is 11.6 Å². The van der Waals surface area contributed by atoms with Crippen LogP contribution in [0.15, 0.2) is 23.3 Å². The molecule has 0 fully saturated rings. The highest BCUT2D eigenvalue weighted by Crippen LogP contribution is 2.05. The Kier molecular flexibility index (Phi) is 7.89. The topological polar surface area (TPSA) is 49.3 Å². The van der Waals surface area contributed by atoms with Gasteiger partial charge < -0.3 is 10.6 Å². The van der Waals surface area contributed by atoms with Crippen molar-refractivity contribution in [1.82, 2.24) is 15.6 Å². The lowest BCUT2D eigenvalue weighted by molar-refractivity contribution is 0.477. The fourth-order valence-electron chi connectivity index (χ4n) is 1.47. The first kappa shape index (κ1) is 15.7. The molecular weight excluding hydrogens is 267 g/mol. The largest absolute Gasteiger partial charge is 0.357 e. The lowest BCUT2D eigenvalue weighted by Crippen LogP contribution is -2.38. The normalized spacial score (nSPS) is 11.4. The maximum Gasteiger partial charge on any atom is 0.191 e. The fraction of sp³-hybridized carbons (Fsp3) is 0.538. The highest BCUT2D eigenvalue weighted by molar-refractivity contribution is 6.29. The predicted octanol–water partition coefficient (Wildman–Crippen LogP) is 2.19. The number of aromatic nitrogens is 1. The van der Waals surface area contributed by atoms with Crippen molar-refractivity contribution in [3.05, 3.63) is 29.0 Å². The lowest BCUT2D eigenvalue weighted by Gasteiger charge is -2.11. The van der Waals surface area contributed by atoms with Crippen LogP contribution in [0.2, 0.25) is 5.15 Å². The average Bonchev–Trinajstić information content (AvgIpc) is 2.41. The molecule has 0 aliphatic heterocycles. The third kappa shape index (κ3) is 6.96. The van der Waals surface area contributed by atoms with Crippen LogP contribution in [0.25, 0.3) is 0 Å². The molecule has 6 heteroatoms. The van der Waals surface area contributed by atoms with E-state index in [1.54, 1.807) is 12.3 Å². The van der Waals surface area contributed by atoms with Gasteiger partial charge in [-0.15, -0.1) is 0 Å². The van der Waals surface area contributed by atoms with E-state index in [2.05, 4.69) is 20.6 Å². The summed E-state index contributed by atoms with van der Waals surface area (Å²) in [4.78, 5) is 8.29. The minimum Gasteiger partial charge on any atom is -0.357 e. The van der Waals surface area contributed by atoms with E-state index in [9.17, 15) is 4.39 Å². The van der Waals surface area contributed by atoms with Crippen LogP contribution in [0.1, 0.15) is 18.9 Å². The average molecular weight is 287 g/mol. The van der Waals surface area contributed by atoms with Crippen molar-refractivity contribution in [2.24, 2.45) is 4.99 Å². The summed E-state index contributed by atoms with van der Waals surface area (Å²) in [7, 11) is 0. The maximum atomic E-state index is 12.0. The van der Waals surface area contributed by atoms with E-state index in [4.69, 9.17) is 11.6 Å². The number of aliphatic imine (C=N–C) groups is 1. The second-order valence-corrected chi connectivity index (χ2v) is 4.36. The first-order valence-electron chi connectivity index (χ1n) is 6.45. The van der Waals surface area contributed by atoms with Gasteiger partial charge in [-0.3, -0.25) is 9.38 Å². The number of guanidine groups is 1. The first-order valence-corrected chi connectivity index (χ1v) is 6.82. The van der Waals surface area contributed by atoms with Crippen molar-refractivity contribution < 1.29 is 4.39 Å². The zero-order valence-corrected chi connectivity index (χ0v) is 11.9. The number of nitrogens with zero attached hydrogens (tertiary/aromatic N) is 2. The van der Waals surface area contributed by atoms with Crippen LogP contribution in [-0.4, -0.2) is 37.3 Å². The fourth-order valence-corrected chi connectivity index (χ4v) is 1.58. The molecule has 1 heterocycles. The van der Waals surface area contributed by atoms with Gasteiger partial charge in [0.05, 0.1) is 6.67 Å². The van der Waals surface area contributed by atoms with Gasteiger partial charge in [-0.1, -0.05) is 17.7 Å². The summed E-state index contributed by atoms with van der Waals surface area (Å²) in [5, 5.41) is 6.81. The van der Waals surface area contributed by atoms with Gasteiger partial charge in [0.15, 0.2) is 5.96 Å². The van der Waals surface area contributed by atoms with E-state index >= 15 is 0 Å². The maximum absolute atomic E-state index is 12.0. The van der Waals surface area contributed by atoms with Crippen molar-refractivity contribution in [3.63, 3.8) is 0 Å². The van der Waals surface area contributed by atoms with Gasteiger partial charge in [-0.2, -0.15) is 0 Å². The zero-order valence-electron chi connectivity index (χ0n) is 11.1. The Labute approximate surface area is 118 Å². The number of hydrogen-bond acceptors (Lipinski definition) is 2. The zero-order chi connectivity index (χ0) is 13.9. The van der Waals surface area contributed by atoms with Gasteiger partial charge in [-0.25, -0.2) is 4.98 Å². The second kappa shape index (κ2) is 9.55. The molecule has 0 atom stereocenters. The summed E-state index contributed by atoms with van der Waals surface area (Å²) in [6.45, 7) is 3.68. The number of nitrogens with one attached hydrogen (secondary N) is 2. The van der Waals surface area contributed by atoms with Crippen LogP contribution in [0, 0.1) is 0 Å². The van der Waals surface area contributed by atoms with Crippen LogP contribution in [0.3, 0.4) is 0 Å². The smallest absolute Gasteiger partial charge is 0.191 e. The third-order valence-electron chi connectivity index (χ3n) is 2.40. The molecule has 0 spiro atoms. The van der Waals surface area contributed by atoms with E-state index < -0.39 is 0 Å². The first-order chi connectivity index (χ1) is 9.26. The monoisotopic (exact) mass is 286 g/mol. The van der Waals surface area contributed by atoms with Crippen LogP contribution in [-0.2, 0) is 6.42 Å². The quantitative estimate of drug-likeness (QED) is 0.350. The Balaban J connectivity index is 2.34. The van der Waals surface area contributed by atoms with Gasteiger partial charge in [0.1, 0.15) is 5.15 Å². The Morgan fingerprint density at radius 3 is 2.89 bits per heavy atom. The lowest BCUT2D eigenvalue weighted by atomic mass is 10.2. The van der Waals surface area contributed by atoms with Gasteiger partial charge in [0.25, 0.3) is 0 Å². The summed E-state index contributed by atoms with van der Waals surface area (Å²) in [5.41, 5.74) is 1.11. The van der Waals surface area contributed by atoms with Crippen molar-refractivity contribution in [2.75, 3.05) is 26.3 Å². The van der Waals surface area contributed by atoms with E-state index in [1.807, 2.05) is 13.0 Å². The SMILES string of the molecule is CCNC(=NCCCF)NCCc1ccc(Cl)nc1. The number of rotatable bonds is 7. The molecule has 0 aromatic carbocycles. The van der Waals surface area contributed by atoms with Crippen molar-refractivity contribution in [1.29, 1.82) is 0 Å². The Morgan fingerprint density at radius 1 is 1.42 bits per heavy atom. The molecule has 0 unspecified atom stereocenters. The summed E-state index contributed by atoms with van der Waals surface area (Å²) in [6, 6.07) is 3.72. The van der Waals surface area contributed by atoms with Gasteiger partial charge in [0.2, 0.25) is 0 Å². The van der Waals surface area contributed by atoms with Gasteiger partial charge in [0, 0.05) is 25.8 Å². The van der Waals surface area contributed by atoms with E-state index in [0.717, 1.165) is 31.0 Å². The molecule has 4 nitrogen and oxygen atoms in total. The van der Waals surface area contributed by atoms with Crippen LogP contribution < -0.4 is 10.6 Å². The van der Waals surface area contributed by atoms with Crippen LogP contribution in [0.4, 0.5) is 4.39 Å².